The van der Waals surface area contributed by atoms with Crippen LogP contribution in [0.3, 0.4) is 0 Å². The van der Waals surface area contributed by atoms with Gasteiger partial charge >= 0.3 is 0 Å². The van der Waals surface area contributed by atoms with Gasteiger partial charge in [-0.15, -0.1) is 0 Å². The number of nitrogens with zero attached hydrogens (tertiary/aromatic N) is 3. The van der Waals surface area contributed by atoms with Crippen LogP contribution in [-0.2, 0) is 12.8 Å². The monoisotopic (exact) mass is 394 g/mol. The Morgan fingerprint density at radius 2 is 2.21 bits per heavy atom. The highest BCUT2D eigenvalue weighted by Gasteiger charge is 2.26. The van der Waals surface area contributed by atoms with Gasteiger partial charge in [0.1, 0.15) is 12.4 Å². The van der Waals surface area contributed by atoms with E-state index in [2.05, 4.69) is 27.9 Å². The summed E-state index contributed by atoms with van der Waals surface area (Å²) in [5, 5.41) is 0. The number of aryl methyl sites for hydroxylation is 1. The van der Waals surface area contributed by atoms with Crippen LogP contribution in [0.4, 0.5) is 5.69 Å². The van der Waals surface area contributed by atoms with Crippen molar-refractivity contribution in [2.24, 2.45) is 10.7 Å². The molecule has 2 N–H and O–H groups in total. The van der Waals surface area contributed by atoms with E-state index in [1.807, 2.05) is 26.4 Å². The number of fused-ring (bicyclic) bond motifs is 2. The van der Waals surface area contributed by atoms with Gasteiger partial charge in [0.05, 0.1) is 17.9 Å². The number of primary amides is 1. The van der Waals surface area contributed by atoms with Gasteiger partial charge < -0.3 is 20.1 Å². The van der Waals surface area contributed by atoms with Gasteiger partial charge in [0, 0.05) is 47.1 Å². The van der Waals surface area contributed by atoms with Gasteiger partial charge in [0.2, 0.25) is 5.88 Å². The molecule has 3 heterocycles. The lowest BCUT2D eigenvalue weighted by molar-refractivity contribution is 0.0994. The smallest absolute Gasteiger partial charge is 0.252 e. The van der Waals surface area contributed by atoms with Crippen molar-refractivity contribution in [2.45, 2.75) is 32.2 Å². The first kappa shape index (κ1) is 19.4. The van der Waals surface area contributed by atoms with E-state index in [9.17, 15) is 4.79 Å². The summed E-state index contributed by atoms with van der Waals surface area (Å²) in [6.45, 7) is 3.21. The number of aromatic nitrogens is 1. The minimum atomic E-state index is -0.497. The summed E-state index contributed by atoms with van der Waals surface area (Å²) in [5.41, 5.74) is 10.6. The molecule has 4 rings (SSSR count). The number of nitrogens with two attached hydrogens (primary N) is 1. The average molecular weight is 394 g/mol. The van der Waals surface area contributed by atoms with Crippen molar-refractivity contribution < 1.29 is 14.3 Å². The highest BCUT2D eigenvalue weighted by atomic mass is 16.5. The van der Waals surface area contributed by atoms with E-state index < -0.39 is 5.91 Å². The third-order valence-corrected chi connectivity index (χ3v) is 5.55. The van der Waals surface area contributed by atoms with Crippen LogP contribution < -0.4 is 15.2 Å². The topological polar surface area (TPSA) is 90.0 Å². The number of hydrogen-bond donors (Lipinski definition) is 1. The number of carbonyl (C=O) groups is 1. The van der Waals surface area contributed by atoms with E-state index in [1.54, 1.807) is 6.20 Å². The number of pyridine rings is 1. The van der Waals surface area contributed by atoms with Crippen LogP contribution >= 0.6 is 0 Å². The van der Waals surface area contributed by atoms with Crippen molar-refractivity contribution in [3.8, 4) is 22.8 Å². The van der Waals surface area contributed by atoms with Gasteiger partial charge in [-0.2, -0.15) is 0 Å². The summed E-state index contributed by atoms with van der Waals surface area (Å²) in [6.07, 6.45) is 6.07. The van der Waals surface area contributed by atoms with Crippen LogP contribution in [0.15, 0.2) is 23.3 Å². The van der Waals surface area contributed by atoms with Crippen molar-refractivity contribution in [1.29, 1.82) is 0 Å². The van der Waals surface area contributed by atoms with Gasteiger partial charge in [-0.05, 0) is 46.0 Å². The number of ether oxygens (including phenoxy) is 2. The molecule has 0 radical (unpaired) electrons. The Labute approximate surface area is 170 Å². The van der Waals surface area contributed by atoms with Gasteiger partial charge in [-0.25, -0.2) is 4.98 Å². The molecule has 2 aromatic rings. The predicted octanol–water partition coefficient (Wildman–Crippen LogP) is 2.76. The normalized spacial score (nSPS) is 15.6. The Balaban J connectivity index is 1.80. The zero-order valence-corrected chi connectivity index (χ0v) is 17.1. The van der Waals surface area contributed by atoms with Gasteiger partial charge in [0.15, 0.2) is 0 Å². The zero-order chi connectivity index (χ0) is 20.5. The maximum Gasteiger partial charge on any atom is 0.252 e. The molecule has 0 fully saturated rings. The Hall–Kier alpha value is -2.93. The minimum absolute atomic E-state index is 0.186. The number of amides is 1. The minimum Gasteiger partial charge on any atom is -0.491 e. The van der Waals surface area contributed by atoms with Crippen LogP contribution in [0.5, 0.6) is 11.6 Å². The zero-order valence-electron chi connectivity index (χ0n) is 17.1. The lowest BCUT2D eigenvalue weighted by Crippen LogP contribution is -2.31. The van der Waals surface area contributed by atoms with Crippen LogP contribution in [-0.4, -0.2) is 55.4 Å². The highest BCUT2D eigenvalue weighted by Crippen LogP contribution is 2.43. The molecule has 0 bridgehead atoms. The van der Waals surface area contributed by atoms with E-state index in [0.717, 1.165) is 40.8 Å². The SMILES string of the molecule is CC(COc1cc(-c2cnc3c(c2)CCCO3)c2c(c1C(N)=O)CC=N2)N(C)C. The third kappa shape index (κ3) is 3.70. The highest BCUT2D eigenvalue weighted by molar-refractivity contribution is 6.03. The molecule has 1 unspecified atom stereocenters. The van der Waals surface area contributed by atoms with Crippen molar-refractivity contribution in [3.05, 3.63) is 35.0 Å². The van der Waals surface area contributed by atoms with Crippen LogP contribution in [0.2, 0.25) is 0 Å². The molecule has 0 aliphatic carbocycles. The first-order valence-electron chi connectivity index (χ1n) is 9.89. The Morgan fingerprint density at radius 1 is 1.38 bits per heavy atom. The molecule has 0 saturated carbocycles. The van der Waals surface area contributed by atoms with Crippen LogP contribution in [0.1, 0.15) is 34.8 Å². The van der Waals surface area contributed by atoms with Gasteiger partial charge in [-0.1, -0.05) is 0 Å². The Morgan fingerprint density at radius 3 is 2.97 bits per heavy atom. The Bertz CT molecular complexity index is 985. The Kier molecular flexibility index (Phi) is 5.24. The van der Waals surface area contributed by atoms with E-state index in [4.69, 9.17) is 15.2 Å². The summed E-state index contributed by atoms with van der Waals surface area (Å²) in [5.74, 6) is 0.701. The molecule has 2 aliphatic rings. The first-order chi connectivity index (χ1) is 14.0. The number of rotatable bonds is 6. The molecule has 0 saturated heterocycles. The van der Waals surface area contributed by atoms with Crippen molar-refractivity contribution in [1.82, 2.24) is 9.88 Å². The van der Waals surface area contributed by atoms with E-state index in [0.29, 0.717) is 36.8 Å². The number of carbonyl (C=O) groups excluding carboxylic acids is 1. The summed E-state index contributed by atoms with van der Waals surface area (Å²) >= 11 is 0. The second-order valence-corrected chi connectivity index (χ2v) is 7.77. The van der Waals surface area contributed by atoms with Crippen LogP contribution in [0.25, 0.3) is 11.1 Å². The lowest BCUT2D eigenvalue weighted by atomic mass is 9.94. The second kappa shape index (κ2) is 7.83. The van der Waals surface area contributed by atoms with Crippen molar-refractivity contribution in [2.75, 3.05) is 27.3 Å². The predicted molar refractivity (Wildman–Crippen MR) is 113 cm³/mol. The number of hydrogen-bond acceptors (Lipinski definition) is 6. The quantitative estimate of drug-likeness (QED) is 0.814. The molecule has 152 valence electrons. The summed E-state index contributed by atoms with van der Waals surface area (Å²) in [7, 11) is 3.98. The standard InChI is InChI=1S/C22H26N4O3/c1-13(26(2)3)12-29-18-10-17(20-16(6-7-24-20)19(18)21(23)27)15-9-14-5-4-8-28-22(14)25-11-15/h7,9-11,13H,4-6,8,12H2,1-3H3,(H2,23,27). The van der Waals surface area contributed by atoms with E-state index in [-0.39, 0.29) is 6.04 Å². The average Bonchev–Trinajstić information content (AvgIpc) is 3.19. The molecule has 0 spiro atoms. The molecule has 7 heteroatoms. The summed E-state index contributed by atoms with van der Waals surface area (Å²) in [6, 6.07) is 4.16. The maximum atomic E-state index is 12.2. The second-order valence-electron chi connectivity index (χ2n) is 7.77. The van der Waals surface area contributed by atoms with Crippen LogP contribution in [0, 0.1) is 0 Å². The largest absolute Gasteiger partial charge is 0.491 e. The lowest BCUT2D eigenvalue weighted by Gasteiger charge is -2.22. The molecule has 2 aliphatic heterocycles. The molecular weight excluding hydrogens is 368 g/mol. The molecule has 1 atom stereocenters. The number of likely N-dealkylation sites (N-methyl/N-ethyl adjacent to an activating group) is 1. The maximum absolute atomic E-state index is 12.2. The molecular formula is C22H26N4O3. The fourth-order valence-electron chi connectivity index (χ4n) is 3.62. The van der Waals surface area contributed by atoms with E-state index >= 15 is 0 Å². The van der Waals surface area contributed by atoms with Gasteiger partial charge in [-0.3, -0.25) is 9.79 Å². The summed E-state index contributed by atoms with van der Waals surface area (Å²) in [4.78, 5) is 23.3. The van der Waals surface area contributed by atoms with Crippen molar-refractivity contribution >= 4 is 17.8 Å². The summed E-state index contributed by atoms with van der Waals surface area (Å²) < 4.78 is 11.7. The van der Waals surface area contributed by atoms with Gasteiger partial charge in [0.25, 0.3) is 5.91 Å². The first-order valence-corrected chi connectivity index (χ1v) is 9.89. The fraction of sp³-hybridized carbons (Fsp3) is 0.409. The molecule has 29 heavy (non-hydrogen) atoms. The molecule has 1 aromatic carbocycles. The number of benzene rings is 1. The van der Waals surface area contributed by atoms with Crippen molar-refractivity contribution in [3.63, 3.8) is 0 Å². The molecule has 1 amide bonds. The fourth-order valence-corrected chi connectivity index (χ4v) is 3.62. The third-order valence-electron chi connectivity index (χ3n) is 5.55. The molecule has 1 aromatic heterocycles. The van der Waals surface area contributed by atoms with E-state index in [1.165, 1.54) is 0 Å². The molecule has 7 nitrogen and oxygen atoms in total. The number of aliphatic imine (C=N–C) groups is 1.